The zero-order valence-corrected chi connectivity index (χ0v) is 7.03. The molecule has 0 aromatic rings. The Morgan fingerprint density at radius 2 is 1.91 bits per heavy atom. The van der Waals surface area contributed by atoms with Gasteiger partial charge in [0.2, 0.25) is 0 Å². The molecule has 1 aliphatic rings. The molecule has 1 fully saturated rings. The van der Waals surface area contributed by atoms with E-state index in [4.69, 9.17) is 4.74 Å². The molecular formula is C8H16O3. The second kappa shape index (κ2) is 3.52. The van der Waals surface area contributed by atoms with Crippen LogP contribution in [0.25, 0.3) is 0 Å². The quantitative estimate of drug-likeness (QED) is 0.610. The first kappa shape index (κ1) is 8.97. The number of hydrogen-bond acceptors (Lipinski definition) is 3. The standard InChI is InChI=1S/C8H16O3/c1-3-4-6-8(10)7(9)5(2)11-6/h5-10H,3-4H2,1-2H3/t5-,6+,7?,8-/m0/s1. The number of hydrogen-bond donors (Lipinski definition) is 2. The number of aliphatic hydroxyl groups is 2. The molecule has 0 aromatic carbocycles. The van der Waals surface area contributed by atoms with Crippen LogP contribution in [-0.4, -0.2) is 34.6 Å². The minimum absolute atomic E-state index is 0.162. The summed E-state index contributed by atoms with van der Waals surface area (Å²) in [5, 5.41) is 18.7. The molecule has 11 heavy (non-hydrogen) atoms. The van der Waals surface area contributed by atoms with Gasteiger partial charge in [0.1, 0.15) is 12.2 Å². The fourth-order valence-corrected chi connectivity index (χ4v) is 1.46. The highest BCUT2D eigenvalue weighted by Gasteiger charge is 2.39. The summed E-state index contributed by atoms with van der Waals surface area (Å²) in [5.41, 5.74) is 0. The molecular weight excluding hydrogens is 144 g/mol. The lowest BCUT2D eigenvalue weighted by Gasteiger charge is -2.12. The molecule has 0 aliphatic carbocycles. The van der Waals surface area contributed by atoms with Gasteiger partial charge in [-0.25, -0.2) is 0 Å². The summed E-state index contributed by atoms with van der Waals surface area (Å²) in [7, 11) is 0. The lowest BCUT2D eigenvalue weighted by Crippen LogP contribution is -2.31. The second-order valence-electron chi connectivity index (χ2n) is 3.15. The van der Waals surface area contributed by atoms with Crippen molar-refractivity contribution in [2.75, 3.05) is 0 Å². The smallest absolute Gasteiger partial charge is 0.109 e. The lowest BCUT2D eigenvalue weighted by molar-refractivity contribution is 0.0110. The summed E-state index contributed by atoms with van der Waals surface area (Å²) in [4.78, 5) is 0. The largest absolute Gasteiger partial charge is 0.388 e. The molecule has 1 rings (SSSR count). The van der Waals surface area contributed by atoms with Gasteiger partial charge >= 0.3 is 0 Å². The van der Waals surface area contributed by atoms with Gasteiger partial charge in [0.15, 0.2) is 0 Å². The molecule has 1 heterocycles. The maximum Gasteiger partial charge on any atom is 0.109 e. The zero-order valence-electron chi connectivity index (χ0n) is 7.03. The van der Waals surface area contributed by atoms with Crippen molar-refractivity contribution < 1.29 is 14.9 Å². The Morgan fingerprint density at radius 1 is 1.27 bits per heavy atom. The minimum atomic E-state index is -0.702. The average molecular weight is 160 g/mol. The molecule has 0 aromatic heterocycles. The van der Waals surface area contributed by atoms with E-state index in [1.165, 1.54) is 0 Å². The molecule has 4 atom stereocenters. The number of ether oxygens (including phenoxy) is 1. The van der Waals surface area contributed by atoms with Crippen LogP contribution in [0.2, 0.25) is 0 Å². The molecule has 1 aliphatic heterocycles. The summed E-state index contributed by atoms with van der Waals surface area (Å²) < 4.78 is 5.33. The molecule has 3 heteroatoms. The van der Waals surface area contributed by atoms with Crippen molar-refractivity contribution in [3.63, 3.8) is 0 Å². The summed E-state index contributed by atoms with van der Waals surface area (Å²) >= 11 is 0. The van der Waals surface area contributed by atoms with Gasteiger partial charge in [-0.1, -0.05) is 13.3 Å². The van der Waals surface area contributed by atoms with Crippen LogP contribution in [-0.2, 0) is 4.74 Å². The highest BCUT2D eigenvalue weighted by Crippen LogP contribution is 2.23. The third-order valence-electron chi connectivity index (χ3n) is 2.17. The number of aliphatic hydroxyl groups excluding tert-OH is 2. The van der Waals surface area contributed by atoms with E-state index in [2.05, 4.69) is 0 Å². The summed E-state index contributed by atoms with van der Waals surface area (Å²) in [6, 6.07) is 0. The van der Waals surface area contributed by atoms with Gasteiger partial charge in [-0.15, -0.1) is 0 Å². The van der Waals surface area contributed by atoms with Crippen molar-refractivity contribution in [3.8, 4) is 0 Å². The van der Waals surface area contributed by atoms with Crippen LogP contribution in [0.5, 0.6) is 0 Å². The molecule has 0 radical (unpaired) electrons. The molecule has 0 bridgehead atoms. The van der Waals surface area contributed by atoms with Crippen LogP contribution in [0.3, 0.4) is 0 Å². The lowest BCUT2D eigenvalue weighted by atomic mass is 10.1. The third-order valence-corrected chi connectivity index (χ3v) is 2.17. The van der Waals surface area contributed by atoms with Gasteiger partial charge in [0.25, 0.3) is 0 Å². The molecule has 1 unspecified atom stereocenters. The maximum absolute atomic E-state index is 9.38. The Hall–Kier alpha value is -0.120. The topological polar surface area (TPSA) is 49.7 Å². The highest BCUT2D eigenvalue weighted by molar-refractivity contribution is 4.87. The SMILES string of the molecule is CCC[C@H]1O[C@@H](C)C(O)[C@H]1O. The molecule has 0 amide bonds. The van der Waals surface area contributed by atoms with E-state index in [1.807, 2.05) is 6.92 Å². The van der Waals surface area contributed by atoms with Gasteiger partial charge in [0, 0.05) is 0 Å². The van der Waals surface area contributed by atoms with Gasteiger partial charge in [-0.2, -0.15) is 0 Å². The Labute approximate surface area is 67.0 Å². The van der Waals surface area contributed by atoms with Crippen molar-refractivity contribution in [1.82, 2.24) is 0 Å². The van der Waals surface area contributed by atoms with Crippen molar-refractivity contribution in [2.24, 2.45) is 0 Å². The van der Waals surface area contributed by atoms with E-state index in [9.17, 15) is 10.2 Å². The van der Waals surface area contributed by atoms with Gasteiger partial charge in [0.05, 0.1) is 12.2 Å². The van der Waals surface area contributed by atoms with Crippen LogP contribution < -0.4 is 0 Å². The molecule has 66 valence electrons. The fourth-order valence-electron chi connectivity index (χ4n) is 1.46. The molecule has 1 saturated heterocycles. The van der Waals surface area contributed by atoms with Gasteiger partial charge in [-0.3, -0.25) is 0 Å². The first-order chi connectivity index (χ1) is 5.16. The van der Waals surface area contributed by atoms with Gasteiger partial charge < -0.3 is 14.9 Å². The monoisotopic (exact) mass is 160 g/mol. The summed E-state index contributed by atoms with van der Waals surface area (Å²) in [5.74, 6) is 0. The zero-order chi connectivity index (χ0) is 8.43. The van der Waals surface area contributed by atoms with Crippen LogP contribution >= 0.6 is 0 Å². The van der Waals surface area contributed by atoms with Gasteiger partial charge in [-0.05, 0) is 13.3 Å². The van der Waals surface area contributed by atoms with Crippen LogP contribution in [0.1, 0.15) is 26.7 Å². The van der Waals surface area contributed by atoms with E-state index in [0.29, 0.717) is 0 Å². The molecule has 0 spiro atoms. The predicted octanol–water partition coefficient (Wildman–Crippen LogP) is 0.296. The van der Waals surface area contributed by atoms with Crippen molar-refractivity contribution in [2.45, 2.75) is 51.1 Å². The maximum atomic E-state index is 9.38. The minimum Gasteiger partial charge on any atom is -0.388 e. The van der Waals surface area contributed by atoms with Crippen LogP contribution in [0, 0.1) is 0 Å². The summed E-state index contributed by atoms with van der Waals surface area (Å²) in [6.45, 7) is 3.81. The van der Waals surface area contributed by atoms with E-state index < -0.39 is 12.2 Å². The second-order valence-corrected chi connectivity index (χ2v) is 3.15. The van der Waals surface area contributed by atoms with Crippen molar-refractivity contribution >= 4 is 0 Å². The summed E-state index contributed by atoms with van der Waals surface area (Å²) in [6.07, 6.45) is 0.0204. The molecule has 2 N–H and O–H groups in total. The van der Waals surface area contributed by atoms with Crippen molar-refractivity contribution in [1.29, 1.82) is 0 Å². The number of rotatable bonds is 2. The first-order valence-electron chi connectivity index (χ1n) is 4.18. The average Bonchev–Trinajstić information content (AvgIpc) is 2.19. The Morgan fingerprint density at radius 3 is 2.27 bits per heavy atom. The Bertz CT molecular complexity index is 127. The fraction of sp³-hybridized carbons (Fsp3) is 1.00. The van der Waals surface area contributed by atoms with E-state index in [1.54, 1.807) is 6.92 Å². The van der Waals surface area contributed by atoms with E-state index >= 15 is 0 Å². The van der Waals surface area contributed by atoms with E-state index in [0.717, 1.165) is 12.8 Å². The molecule has 3 nitrogen and oxygen atoms in total. The molecule has 0 saturated carbocycles. The predicted molar refractivity (Wildman–Crippen MR) is 41.3 cm³/mol. The Kier molecular flexibility index (Phi) is 2.87. The van der Waals surface area contributed by atoms with Crippen LogP contribution in [0.4, 0.5) is 0 Å². The highest BCUT2D eigenvalue weighted by atomic mass is 16.5. The van der Waals surface area contributed by atoms with Crippen LogP contribution in [0.15, 0.2) is 0 Å². The third kappa shape index (κ3) is 1.72. The van der Waals surface area contributed by atoms with Crippen molar-refractivity contribution in [3.05, 3.63) is 0 Å². The Balaban J connectivity index is 2.45. The first-order valence-corrected chi connectivity index (χ1v) is 4.18. The normalized spacial score (nSPS) is 44.7. The van der Waals surface area contributed by atoms with E-state index in [-0.39, 0.29) is 12.2 Å².